The zero-order chi connectivity index (χ0) is 12.8. The van der Waals surface area contributed by atoms with Crippen LogP contribution >= 0.6 is 23.5 Å². The number of aliphatic hydroxyl groups excluding tert-OH is 4. The van der Waals surface area contributed by atoms with Crippen molar-refractivity contribution in [1.29, 1.82) is 0 Å². The third-order valence-corrected chi connectivity index (χ3v) is 5.22. The standard InChI is InChI=1S/C10H22O4S2/c1-4-15-10(3,16-5-2)9(14)8(13)7(12)6-11/h7-9,11-14H,4-6H2,1-3H3/t7-,8-,9-/m1/s1. The minimum Gasteiger partial charge on any atom is -0.394 e. The smallest absolute Gasteiger partial charge is 0.110 e. The fraction of sp³-hybridized carbons (Fsp3) is 1.00. The molecule has 0 bridgehead atoms. The van der Waals surface area contributed by atoms with Crippen LogP contribution in [0.4, 0.5) is 0 Å². The molecule has 0 saturated carbocycles. The van der Waals surface area contributed by atoms with Crippen molar-refractivity contribution in [3.63, 3.8) is 0 Å². The van der Waals surface area contributed by atoms with Crippen molar-refractivity contribution in [1.82, 2.24) is 0 Å². The maximum Gasteiger partial charge on any atom is 0.110 e. The Kier molecular flexibility index (Phi) is 8.05. The van der Waals surface area contributed by atoms with Gasteiger partial charge in [-0.3, -0.25) is 0 Å². The van der Waals surface area contributed by atoms with Crippen LogP contribution < -0.4 is 0 Å². The van der Waals surface area contributed by atoms with Crippen LogP contribution in [0, 0.1) is 0 Å². The molecule has 0 aliphatic carbocycles. The first kappa shape index (κ1) is 16.5. The lowest BCUT2D eigenvalue weighted by Gasteiger charge is -2.36. The molecule has 4 nitrogen and oxygen atoms in total. The number of hydrogen-bond acceptors (Lipinski definition) is 6. The first-order chi connectivity index (χ1) is 7.42. The van der Waals surface area contributed by atoms with Crippen LogP contribution in [0.3, 0.4) is 0 Å². The molecule has 0 unspecified atom stereocenters. The van der Waals surface area contributed by atoms with Crippen molar-refractivity contribution in [2.24, 2.45) is 0 Å². The van der Waals surface area contributed by atoms with Gasteiger partial charge in [0.05, 0.1) is 10.7 Å². The molecule has 4 N–H and O–H groups in total. The highest BCUT2D eigenvalue weighted by Gasteiger charge is 2.40. The van der Waals surface area contributed by atoms with Gasteiger partial charge in [-0.1, -0.05) is 13.8 Å². The summed E-state index contributed by atoms with van der Waals surface area (Å²) in [5, 5.41) is 37.8. The van der Waals surface area contributed by atoms with Crippen LogP contribution in [0.25, 0.3) is 0 Å². The monoisotopic (exact) mass is 270 g/mol. The van der Waals surface area contributed by atoms with Crippen molar-refractivity contribution < 1.29 is 20.4 Å². The van der Waals surface area contributed by atoms with E-state index in [0.717, 1.165) is 11.5 Å². The Hall–Kier alpha value is 0.540. The molecule has 3 atom stereocenters. The summed E-state index contributed by atoms with van der Waals surface area (Å²) in [7, 11) is 0. The Morgan fingerprint density at radius 3 is 1.81 bits per heavy atom. The third kappa shape index (κ3) is 4.43. The molecule has 0 aromatic heterocycles. The minimum atomic E-state index is -1.33. The molecule has 0 heterocycles. The highest BCUT2D eigenvalue weighted by Crippen LogP contribution is 2.41. The predicted octanol–water partition coefficient (Wildman–Crippen LogP) is 0.284. The van der Waals surface area contributed by atoms with E-state index in [1.54, 1.807) is 0 Å². The van der Waals surface area contributed by atoms with Gasteiger partial charge >= 0.3 is 0 Å². The quantitative estimate of drug-likeness (QED) is 0.475. The zero-order valence-electron chi connectivity index (χ0n) is 9.96. The first-order valence-electron chi connectivity index (χ1n) is 5.35. The number of aliphatic hydroxyl groups is 4. The van der Waals surface area contributed by atoms with Crippen molar-refractivity contribution in [3.05, 3.63) is 0 Å². The Labute approximate surface area is 105 Å². The summed E-state index contributed by atoms with van der Waals surface area (Å²) in [6.45, 7) is 5.23. The van der Waals surface area contributed by atoms with Gasteiger partial charge in [-0.2, -0.15) is 0 Å². The van der Waals surface area contributed by atoms with E-state index in [2.05, 4.69) is 0 Å². The summed E-state index contributed by atoms with van der Waals surface area (Å²) < 4.78 is -0.570. The molecule has 16 heavy (non-hydrogen) atoms. The fourth-order valence-electron chi connectivity index (χ4n) is 1.41. The molecule has 0 fully saturated rings. The van der Waals surface area contributed by atoms with Crippen molar-refractivity contribution in [2.45, 2.75) is 43.2 Å². The second kappa shape index (κ2) is 7.79. The topological polar surface area (TPSA) is 80.9 Å². The van der Waals surface area contributed by atoms with Crippen LogP contribution in [0.1, 0.15) is 20.8 Å². The summed E-state index contributed by atoms with van der Waals surface area (Å²) in [4.78, 5) is 0. The molecule has 0 radical (unpaired) electrons. The van der Waals surface area contributed by atoms with Crippen LogP contribution in [-0.2, 0) is 0 Å². The fourth-order valence-corrected chi connectivity index (χ4v) is 4.22. The van der Waals surface area contributed by atoms with E-state index in [1.165, 1.54) is 23.5 Å². The lowest BCUT2D eigenvalue weighted by molar-refractivity contribution is -0.0778. The zero-order valence-corrected chi connectivity index (χ0v) is 11.6. The number of rotatable bonds is 8. The molecule has 0 aliphatic rings. The summed E-state index contributed by atoms with van der Waals surface area (Å²) >= 11 is 3.06. The van der Waals surface area contributed by atoms with Crippen molar-refractivity contribution in [3.8, 4) is 0 Å². The Balaban J connectivity index is 4.64. The maximum absolute atomic E-state index is 10.0. The van der Waals surface area contributed by atoms with Gasteiger partial charge in [0, 0.05) is 0 Å². The lowest BCUT2D eigenvalue weighted by Crippen LogP contribution is -2.49. The van der Waals surface area contributed by atoms with Crippen LogP contribution in [0.2, 0.25) is 0 Å². The van der Waals surface area contributed by atoms with Gasteiger partial charge in [-0.25, -0.2) is 0 Å². The van der Waals surface area contributed by atoms with E-state index < -0.39 is 29.0 Å². The highest BCUT2D eigenvalue weighted by atomic mass is 32.2. The highest BCUT2D eigenvalue weighted by molar-refractivity contribution is 8.18. The summed E-state index contributed by atoms with van der Waals surface area (Å²) in [6.07, 6.45) is -3.71. The van der Waals surface area contributed by atoms with Crippen molar-refractivity contribution >= 4 is 23.5 Å². The second-order valence-electron chi connectivity index (χ2n) is 3.57. The average molecular weight is 270 g/mol. The molecular formula is C10H22O4S2. The molecule has 0 aromatic rings. The molecule has 0 rings (SSSR count). The molecule has 0 amide bonds. The van der Waals surface area contributed by atoms with E-state index in [9.17, 15) is 15.3 Å². The predicted molar refractivity (Wildman–Crippen MR) is 69.8 cm³/mol. The van der Waals surface area contributed by atoms with E-state index in [4.69, 9.17) is 5.11 Å². The molecule has 98 valence electrons. The van der Waals surface area contributed by atoms with Crippen LogP contribution in [0.5, 0.6) is 0 Å². The molecule has 0 aromatic carbocycles. The van der Waals surface area contributed by atoms with Crippen molar-refractivity contribution in [2.75, 3.05) is 18.1 Å². The van der Waals surface area contributed by atoms with Gasteiger partial charge in [0.15, 0.2) is 0 Å². The second-order valence-corrected chi connectivity index (χ2v) is 7.25. The van der Waals surface area contributed by atoms with Gasteiger partial charge in [0.2, 0.25) is 0 Å². The number of thioether (sulfide) groups is 2. The molecule has 0 saturated heterocycles. The van der Waals surface area contributed by atoms with E-state index >= 15 is 0 Å². The van der Waals surface area contributed by atoms with Crippen LogP contribution in [-0.4, -0.2) is 60.9 Å². The third-order valence-electron chi connectivity index (χ3n) is 2.30. The maximum atomic E-state index is 10.0. The summed E-state index contributed by atoms with van der Waals surface area (Å²) in [6, 6.07) is 0. The van der Waals surface area contributed by atoms with Gasteiger partial charge in [0.1, 0.15) is 18.3 Å². The normalized spacial score (nSPS) is 18.2. The van der Waals surface area contributed by atoms with Gasteiger partial charge in [0.25, 0.3) is 0 Å². The van der Waals surface area contributed by atoms with Gasteiger partial charge in [-0.15, -0.1) is 23.5 Å². The summed E-state index contributed by atoms with van der Waals surface area (Å²) in [5.74, 6) is 1.62. The Morgan fingerprint density at radius 2 is 1.50 bits per heavy atom. The molecule has 6 heteroatoms. The van der Waals surface area contributed by atoms with E-state index in [1.807, 2.05) is 20.8 Å². The SMILES string of the molecule is CCSC(C)(SCC)[C@H](O)[C@H](O)[C@H](O)CO. The molecular weight excluding hydrogens is 248 g/mol. The summed E-state index contributed by atoms with van der Waals surface area (Å²) in [5.41, 5.74) is 0. The van der Waals surface area contributed by atoms with Gasteiger partial charge < -0.3 is 20.4 Å². The first-order valence-corrected chi connectivity index (χ1v) is 7.33. The molecule has 0 spiro atoms. The number of hydrogen-bond donors (Lipinski definition) is 4. The Morgan fingerprint density at radius 1 is 1.06 bits per heavy atom. The Bertz CT molecular complexity index is 186. The van der Waals surface area contributed by atoms with Gasteiger partial charge in [-0.05, 0) is 18.4 Å². The average Bonchev–Trinajstić information content (AvgIpc) is 2.26. The van der Waals surface area contributed by atoms with E-state index in [-0.39, 0.29) is 0 Å². The molecule has 0 aliphatic heterocycles. The van der Waals surface area contributed by atoms with E-state index in [0.29, 0.717) is 0 Å². The minimum absolute atomic E-state index is 0.554. The lowest BCUT2D eigenvalue weighted by atomic mass is 10.1. The van der Waals surface area contributed by atoms with Crippen LogP contribution in [0.15, 0.2) is 0 Å². The largest absolute Gasteiger partial charge is 0.394 e.